The smallest absolute Gasteiger partial charge is 0.358 e. The van der Waals surface area contributed by atoms with Crippen LogP contribution in [0.2, 0.25) is 20.1 Å². The highest BCUT2D eigenvalue weighted by molar-refractivity contribution is 7.91. The van der Waals surface area contributed by atoms with Gasteiger partial charge in [-0.3, -0.25) is 9.13 Å². The predicted molar refractivity (Wildman–Crippen MR) is 257 cm³/mol. The number of aliphatic hydroxyl groups excluding tert-OH is 1. The molecule has 0 bridgehead atoms. The van der Waals surface area contributed by atoms with E-state index in [1.807, 2.05) is 54.6 Å². The molecule has 332 valence electrons. The molecule has 6 aromatic carbocycles. The lowest BCUT2D eigenvalue weighted by molar-refractivity contribution is 0.0520. The van der Waals surface area contributed by atoms with E-state index in [2.05, 4.69) is 9.97 Å². The summed E-state index contributed by atoms with van der Waals surface area (Å²) in [5, 5.41) is 11.4. The number of halogens is 4. The Kier molecular flexibility index (Phi) is 14.4. The molecule has 0 amide bonds. The largest absolute Gasteiger partial charge is 0.461 e. The molecule has 11 nitrogen and oxygen atoms in total. The SMILES string of the molecule is CCOC(=O)c1cn(-c2ccc(-c3cccc(S(C)(=O)=O)c3)cc2Cl)c(-c2ccccc2Cl)n1.CS(=O)(=O)c1cccc(-c2ccc(-n3cc(CO)nc3-c3ccccc3Cl)c(Cl)c2)c1. The molecule has 2 aromatic heterocycles. The average molecular weight is 989 g/mol. The first-order chi connectivity index (χ1) is 31.0. The minimum absolute atomic E-state index is 0.123. The summed E-state index contributed by atoms with van der Waals surface area (Å²) in [7, 11) is -6.66. The maximum atomic E-state index is 12.4. The maximum Gasteiger partial charge on any atom is 0.358 e. The third kappa shape index (κ3) is 10.7. The molecule has 0 unspecified atom stereocenters. The molecule has 65 heavy (non-hydrogen) atoms. The Morgan fingerprint density at radius 3 is 1.45 bits per heavy atom. The van der Waals surface area contributed by atoms with Crippen molar-refractivity contribution in [2.45, 2.75) is 23.3 Å². The predicted octanol–water partition coefficient (Wildman–Crippen LogP) is 11.5. The van der Waals surface area contributed by atoms with Gasteiger partial charge in [0.15, 0.2) is 25.4 Å². The highest BCUT2D eigenvalue weighted by Gasteiger charge is 2.22. The van der Waals surface area contributed by atoms with Crippen LogP contribution in [-0.2, 0) is 31.0 Å². The molecule has 1 N–H and O–H groups in total. The second-order valence-electron chi connectivity index (χ2n) is 14.5. The van der Waals surface area contributed by atoms with Crippen LogP contribution in [0.5, 0.6) is 0 Å². The number of hydrogen-bond donors (Lipinski definition) is 1. The zero-order chi connectivity index (χ0) is 46.6. The van der Waals surface area contributed by atoms with Crippen LogP contribution in [-0.4, -0.2) is 66.1 Å². The second kappa shape index (κ2) is 19.8. The van der Waals surface area contributed by atoms with Crippen molar-refractivity contribution in [3.8, 4) is 56.4 Å². The van der Waals surface area contributed by atoms with Crippen molar-refractivity contribution in [2.24, 2.45) is 0 Å². The summed E-state index contributed by atoms with van der Waals surface area (Å²) < 4.78 is 56.2. The van der Waals surface area contributed by atoms with Gasteiger partial charge >= 0.3 is 5.97 Å². The highest BCUT2D eigenvalue weighted by Crippen LogP contribution is 2.36. The van der Waals surface area contributed by atoms with E-state index < -0.39 is 25.6 Å². The summed E-state index contributed by atoms with van der Waals surface area (Å²) in [5.74, 6) is 0.436. The van der Waals surface area contributed by atoms with Crippen LogP contribution in [0.3, 0.4) is 0 Å². The van der Waals surface area contributed by atoms with Gasteiger partial charge in [0.25, 0.3) is 0 Å². The van der Waals surface area contributed by atoms with Crippen LogP contribution in [0.1, 0.15) is 23.1 Å². The van der Waals surface area contributed by atoms with Gasteiger partial charge in [-0.2, -0.15) is 0 Å². The van der Waals surface area contributed by atoms with Crippen LogP contribution in [0, 0.1) is 0 Å². The third-order valence-corrected chi connectivity index (χ3v) is 13.4. The molecule has 17 heteroatoms. The second-order valence-corrected chi connectivity index (χ2v) is 20.2. The minimum Gasteiger partial charge on any atom is -0.461 e. The summed E-state index contributed by atoms with van der Waals surface area (Å²) in [6.45, 7) is 1.71. The van der Waals surface area contributed by atoms with E-state index in [9.17, 15) is 26.7 Å². The van der Waals surface area contributed by atoms with Gasteiger partial charge in [-0.15, -0.1) is 0 Å². The van der Waals surface area contributed by atoms with Gasteiger partial charge in [-0.05, 0) is 102 Å². The van der Waals surface area contributed by atoms with Crippen molar-refractivity contribution in [1.29, 1.82) is 0 Å². The fourth-order valence-electron chi connectivity index (χ4n) is 6.80. The van der Waals surface area contributed by atoms with Crippen LogP contribution in [0.4, 0.5) is 0 Å². The van der Waals surface area contributed by atoms with E-state index in [0.717, 1.165) is 16.7 Å². The van der Waals surface area contributed by atoms with Gasteiger partial charge in [-0.25, -0.2) is 31.6 Å². The quantitative estimate of drug-likeness (QED) is 0.125. The number of nitrogens with zero attached hydrogens (tertiary/aromatic N) is 4. The number of benzene rings is 6. The first-order valence-electron chi connectivity index (χ1n) is 19.6. The minimum atomic E-state index is -3.35. The van der Waals surface area contributed by atoms with Crippen LogP contribution >= 0.6 is 46.4 Å². The number of ether oxygens (including phenoxy) is 1. The highest BCUT2D eigenvalue weighted by atomic mass is 35.5. The van der Waals surface area contributed by atoms with Gasteiger partial charge in [0, 0.05) is 36.0 Å². The van der Waals surface area contributed by atoms with Crippen molar-refractivity contribution in [1.82, 2.24) is 19.1 Å². The van der Waals surface area contributed by atoms with Gasteiger partial charge in [-0.1, -0.05) is 107 Å². The monoisotopic (exact) mass is 986 g/mol. The Morgan fingerprint density at radius 2 is 1.02 bits per heavy atom. The van der Waals surface area contributed by atoms with E-state index in [1.165, 1.54) is 12.5 Å². The molecule has 0 spiro atoms. The lowest BCUT2D eigenvalue weighted by Crippen LogP contribution is -2.04. The van der Waals surface area contributed by atoms with Crippen molar-refractivity contribution in [3.05, 3.63) is 177 Å². The summed E-state index contributed by atoms with van der Waals surface area (Å²) in [4.78, 5) is 21.8. The van der Waals surface area contributed by atoms with Crippen LogP contribution < -0.4 is 0 Å². The number of carbonyl (C=O) groups is 1. The van der Waals surface area contributed by atoms with Crippen molar-refractivity contribution in [2.75, 3.05) is 19.1 Å². The van der Waals surface area contributed by atoms with Crippen LogP contribution in [0.15, 0.2) is 156 Å². The summed E-state index contributed by atoms with van der Waals surface area (Å²) in [6.07, 6.45) is 5.61. The Balaban J connectivity index is 0.000000195. The lowest BCUT2D eigenvalue weighted by Gasteiger charge is -2.12. The normalized spacial score (nSPS) is 11.5. The lowest BCUT2D eigenvalue weighted by atomic mass is 10.1. The first kappa shape index (κ1) is 47.2. The van der Waals surface area contributed by atoms with Gasteiger partial charge < -0.3 is 9.84 Å². The van der Waals surface area contributed by atoms with Crippen LogP contribution in [0.25, 0.3) is 56.4 Å². The fourth-order valence-corrected chi connectivity index (χ4v) is 9.11. The van der Waals surface area contributed by atoms with E-state index in [1.54, 1.807) is 107 Å². The third-order valence-electron chi connectivity index (χ3n) is 9.94. The summed E-state index contributed by atoms with van der Waals surface area (Å²) in [6, 6.07) is 38.6. The Labute approximate surface area is 396 Å². The van der Waals surface area contributed by atoms with E-state index >= 15 is 0 Å². The Bertz CT molecular complexity index is 3320. The Morgan fingerprint density at radius 1 is 0.569 bits per heavy atom. The molecular weight excluding hydrogens is 950 g/mol. The summed E-state index contributed by atoms with van der Waals surface area (Å²) >= 11 is 26.1. The molecule has 0 aliphatic heterocycles. The molecule has 0 aliphatic carbocycles. The first-order valence-corrected chi connectivity index (χ1v) is 24.9. The molecular formula is C48H38Cl4N4O7S2. The molecule has 0 aliphatic rings. The fraction of sp³-hybridized carbons (Fsp3) is 0.104. The standard InChI is InChI=1S/C25H20Cl2N2O4S.C23H18Cl2N2O3S/c1-3-33-25(30)22-15-29(24(28-22)19-9-4-5-10-20(19)26)23-12-11-17(14-21(23)27)16-7-6-8-18(13-16)34(2,31)32;1-31(29,30)18-6-4-5-15(11-18)16-9-10-22(21(25)12-16)27-13-17(14-28)26-23(27)19-7-2-3-8-20(19)24/h4-15H,3H2,1-2H3;2-13,28H,14H2,1H3. The van der Waals surface area contributed by atoms with Gasteiger partial charge in [0.05, 0.1) is 60.2 Å². The number of imidazole rings is 2. The molecule has 2 heterocycles. The van der Waals surface area contributed by atoms with E-state index in [-0.39, 0.29) is 28.7 Å². The van der Waals surface area contributed by atoms with Crippen molar-refractivity contribution in [3.63, 3.8) is 0 Å². The maximum absolute atomic E-state index is 12.4. The molecule has 8 aromatic rings. The molecule has 0 saturated carbocycles. The van der Waals surface area contributed by atoms with Gasteiger partial charge in [0.2, 0.25) is 0 Å². The summed E-state index contributed by atoms with van der Waals surface area (Å²) in [5.41, 5.74) is 6.14. The number of aromatic nitrogens is 4. The zero-order valence-corrected chi connectivity index (χ0v) is 39.4. The zero-order valence-electron chi connectivity index (χ0n) is 34.8. The number of sulfone groups is 2. The molecule has 8 rings (SSSR count). The topological polar surface area (TPSA) is 150 Å². The molecule has 0 atom stereocenters. The Hall–Kier alpha value is -5.77. The molecule has 0 radical (unpaired) electrons. The average Bonchev–Trinajstić information content (AvgIpc) is 3.92. The van der Waals surface area contributed by atoms with E-state index in [4.69, 9.17) is 51.1 Å². The number of aliphatic hydroxyl groups is 1. The van der Waals surface area contributed by atoms with Gasteiger partial charge in [0.1, 0.15) is 11.6 Å². The number of carbonyl (C=O) groups excluding carboxylic acids is 1. The number of esters is 1. The number of rotatable bonds is 11. The van der Waals surface area contributed by atoms with E-state index in [0.29, 0.717) is 65.5 Å². The molecule has 0 fully saturated rings. The number of hydrogen-bond acceptors (Lipinski definition) is 9. The van der Waals surface area contributed by atoms with Crippen molar-refractivity contribution < 1.29 is 31.5 Å². The van der Waals surface area contributed by atoms with Crippen molar-refractivity contribution >= 4 is 72.0 Å². The molecule has 0 saturated heterocycles.